The lowest BCUT2D eigenvalue weighted by molar-refractivity contribution is -0.149. The van der Waals surface area contributed by atoms with Crippen LogP contribution in [-0.4, -0.2) is 32.4 Å². The highest BCUT2D eigenvalue weighted by Gasteiger charge is 2.10. The summed E-state index contributed by atoms with van der Waals surface area (Å²) in [5.74, 6) is -0.392. The molecule has 0 aliphatic rings. The third-order valence-electron chi connectivity index (χ3n) is 2.51. The molecule has 1 aromatic rings. The van der Waals surface area contributed by atoms with Gasteiger partial charge in [0.2, 0.25) is 0 Å². The summed E-state index contributed by atoms with van der Waals surface area (Å²) in [7, 11) is 1.33. The van der Waals surface area contributed by atoms with Gasteiger partial charge in [-0.3, -0.25) is 0 Å². The van der Waals surface area contributed by atoms with E-state index in [1.165, 1.54) is 7.11 Å². The Kier molecular flexibility index (Phi) is 7.54. The molecule has 104 valence electrons. The standard InChI is InChI=1S/C15H20O4/c1-3-7-14(19-12-15(16)17-2)11-18-10-13-8-5-4-6-9-13/h3-6,8-9,14H,1,7,10-12H2,2H3/t14-/m1/s1. The first-order chi connectivity index (χ1) is 9.26. The Bertz CT molecular complexity index is 375. The van der Waals surface area contributed by atoms with Crippen molar-refractivity contribution in [3.63, 3.8) is 0 Å². The summed E-state index contributed by atoms with van der Waals surface area (Å²) in [6, 6.07) is 9.89. The van der Waals surface area contributed by atoms with Crippen LogP contribution in [0.25, 0.3) is 0 Å². The highest BCUT2D eigenvalue weighted by Crippen LogP contribution is 2.05. The molecule has 19 heavy (non-hydrogen) atoms. The van der Waals surface area contributed by atoms with E-state index in [2.05, 4.69) is 11.3 Å². The molecule has 0 spiro atoms. The van der Waals surface area contributed by atoms with E-state index in [9.17, 15) is 4.79 Å². The van der Waals surface area contributed by atoms with Gasteiger partial charge in [0.05, 0.1) is 26.4 Å². The summed E-state index contributed by atoms with van der Waals surface area (Å²) in [6.07, 6.45) is 2.19. The first kappa shape index (κ1) is 15.4. The zero-order chi connectivity index (χ0) is 13.9. The van der Waals surface area contributed by atoms with Crippen molar-refractivity contribution in [1.29, 1.82) is 0 Å². The Morgan fingerprint density at radius 1 is 1.37 bits per heavy atom. The maximum absolute atomic E-state index is 11.0. The van der Waals surface area contributed by atoms with E-state index in [1.807, 2.05) is 30.3 Å². The number of hydrogen-bond donors (Lipinski definition) is 0. The highest BCUT2D eigenvalue weighted by molar-refractivity contribution is 5.70. The number of carbonyl (C=O) groups excluding carboxylic acids is 1. The summed E-state index contributed by atoms with van der Waals surface area (Å²) >= 11 is 0. The van der Waals surface area contributed by atoms with Crippen LogP contribution >= 0.6 is 0 Å². The Balaban J connectivity index is 2.28. The SMILES string of the molecule is C=CC[C@H](COCc1ccccc1)OCC(=O)OC. The second-order valence-corrected chi connectivity index (χ2v) is 4.03. The minimum absolute atomic E-state index is 0.0658. The van der Waals surface area contributed by atoms with Crippen LogP contribution in [0.4, 0.5) is 0 Å². The first-order valence-corrected chi connectivity index (χ1v) is 6.17. The summed E-state index contributed by atoms with van der Waals surface area (Å²) < 4.78 is 15.5. The van der Waals surface area contributed by atoms with Crippen LogP contribution in [0.1, 0.15) is 12.0 Å². The number of hydrogen-bond acceptors (Lipinski definition) is 4. The fourth-order valence-electron chi connectivity index (χ4n) is 1.50. The van der Waals surface area contributed by atoms with E-state index in [0.717, 1.165) is 5.56 Å². The van der Waals surface area contributed by atoms with Gasteiger partial charge in [-0.2, -0.15) is 0 Å². The molecule has 1 atom stereocenters. The minimum atomic E-state index is -0.392. The molecule has 1 aromatic carbocycles. The van der Waals surface area contributed by atoms with Crippen molar-refractivity contribution in [2.75, 3.05) is 20.3 Å². The van der Waals surface area contributed by atoms with Gasteiger partial charge in [0.15, 0.2) is 0 Å². The molecule has 0 aromatic heterocycles. The highest BCUT2D eigenvalue weighted by atomic mass is 16.6. The van der Waals surface area contributed by atoms with Gasteiger partial charge in [0.1, 0.15) is 6.61 Å². The Morgan fingerprint density at radius 2 is 2.11 bits per heavy atom. The van der Waals surface area contributed by atoms with Crippen molar-refractivity contribution in [2.24, 2.45) is 0 Å². The zero-order valence-corrected chi connectivity index (χ0v) is 11.2. The molecule has 0 saturated heterocycles. The molecule has 0 heterocycles. The largest absolute Gasteiger partial charge is 0.467 e. The van der Waals surface area contributed by atoms with E-state index < -0.39 is 5.97 Å². The molecular formula is C15H20O4. The third kappa shape index (κ3) is 6.74. The molecule has 0 aliphatic heterocycles. The van der Waals surface area contributed by atoms with Crippen molar-refractivity contribution in [2.45, 2.75) is 19.1 Å². The van der Waals surface area contributed by atoms with Crippen LogP contribution in [0, 0.1) is 0 Å². The normalized spacial score (nSPS) is 11.8. The molecule has 0 aliphatic carbocycles. The molecule has 0 fully saturated rings. The lowest BCUT2D eigenvalue weighted by Crippen LogP contribution is -2.23. The van der Waals surface area contributed by atoms with Crippen LogP contribution in [0.5, 0.6) is 0 Å². The predicted molar refractivity (Wildman–Crippen MR) is 72.7 cm³/mol. The van der Waals surface area contributed by atoms with Crippen LogP contribution in [0.3, 0.4) is 0 Å². The van der Waals surface area contributed by atoms with Gasteiger partial charge in [0, 0.05) is 0 Å². The molecule has 0 bridgehead atoms. The fourth-order valence-corrected chi connectivity index (χ4v) is 1.50. The van der Waals surface area contributed by atoms with E-state index in [4.69, 9.17) is 9.47 Å². The summed E-state index contributed by atoms with van der Waals surface area (Å²) in [5.41, 5.74) is 1.10. The maximum Gasteiger partial charge on any atom is 0.331 e. The minimum Gasteiger partial charge on any atom is -0.467 e. The van der Waals surface area contributed by atoms with E-state index in [0.29, 0.717) is 19.6 Å². The lowest BCUT2D eigenvalue weighted by atomic mass is 10.2. The maximum atomic E-state index is 11.0. The number of rotatable bonds is 9. The second-order valence-electron chi connectivity index (χ2n) is 4.03. The van der Waals surface area contributed by atoms with Crippen molar-refractivity contribution in [3.05, 3.63) is 48.6 Å². The van der Waals surface area contributed by atoms with Crippen molar-refractivity contribution >= 4 is 5.97 Å². The van der Waals surface area contributed by atoms with Gasteiger partial charge in [-0.05, 0) is 12.0 Å². The van der Waals surface area contributed by atoms with Gasteiger partial charge in [-0.1, -0.05) is 36.4 Å². The molecule has 0 unspecified atom stereocenters. The summed E-state index contributed by atoms with van der Waals surface area (Å²) in [5, 5.41) is 0. The number of benzene rings is 1. The third-order valence-corrected chi connectivity index (χ3v) is 2.51. The average Bonchev–Trinajstić information content (AvgIpc) is 2.45. The van der Waals surface area contributed by atoms with Crippen molar-refractivity contribution in [3.8, 4) is 0 Å². The number of esters is 1. The van der Waals surface area contributed by atoms with Crippen molar-refractivity contribution < 1.29 is 19.0 Å². The summed E-state index contributed by atoms with van der Waals surface area (Å²) in [4.78, 5) is 11.0. The average molecular weight is 264 g/mol. The van der Waals surface area contributed by atoms with Crippen LogP contribution in [0.15, 0.2) is 43.0 Å². The molecule has 0 saturated carbocycles. The lowest BCUT2D eigenvalue weighted by Gasteiger charge is -2.15. The molecular weight excluding hydrogens is 244 g/mol. The van der Waals surface area contributed by atoms with E-state index in [-0.39, 0.29) is 12.7 Å². The molecule has 0 amide bonds. The number of carbonyl (C=O) groups is 1. The fraction of sp³-hybridized carbons (Fsp3) is 0.400. The topological polar surface area (TPSA) is 44.8 Å². The molecule has 4 nitrogen and oxygen atoms in total. The van der Waals surface area contributed by atoms with Crippen LogP contribution in [0.2, 0.25) is 0 Å². The van der Waals surface area contributed by atoms with Crippen LogP contribution in [-0.2, 0) is 25.6 Å². The van der Waals surface area contributed by atoms with Crippen LogP contribution < -0.4 is 0 Å². The smallest absolute Gasteiger partial charge is 0.331 e. The summed E-state index contributed by atoms with van der Waals surface area (Å²) in [6.45, 7) is 4.53. The first-order valence-electron chi connectivity index (χ1n) is 6.17. The number of methoxy groups -OCH3 is 1. The monoisotopic (exact) mass is 264 g/mol. The number of ether oxygens (including phenoxy) is 3. The van der Waals surface area contributed by atoms with Gasteiger partial charge in [-0.25, -0.2) is 4.79 Å². The molecule has 0 N–H and O–H groups in total. The molecule has 4 heteroatoms. The Morgan fingerprint density at radius 3 is 2.74 bits per heavy atom. The van der Waals surface area contributed by atoms with Gasteiger partial charge in [-0.15, -0.1) is 6.58 Å². The van der Waals surface area contributed by atoms with Crippen molar-refractivity contribution in [1.82, 2.24) is 0 Å². The quantitative estimate of drug-likeness (QED) is 0.507. The van der Waals surface area contributed by atoms with Gasteiger partial charge < -0.3 is 14.2 Å². The predicted octanol–water partition coefficient (Wildman–Crippen LogP) is 2.34. The van der Waals surface area contributed by atoms with E-state index >= 15 is 0 Å². The Labute approximate surface area is 114 Å². The Hall–Kier alpha value is -1.65. The van der Waals surface area contributed by atoms with E-state index in [1.54, 1.807) is 6.08 Å². The zero-order valence-electron chi connectivity index (χ0n) is 11.2. The molecule has 0 radical (unpaired) electrons. The molecule has 1 rings (SSSR count). The van der Waals surface area contributed by atoms with Gasteiger partial charge in [0.25, 0.3) is 0 Å². The second kappa shape index (κ2) is 9.30. The van der Waals surface area contributed by atoms with Gasteiger partial charge >= 0.3 is 5.97 Å².